The molecule has 0 saturated heterocycles. The van der Waals surface area contributed by atoms with Gasteiger partial charge in [-0.15, -0.1) is 10.2 Å². The maximum Gasteiger partial charge on any atom is 0.325 e. The molecule has 29 heavy (non-hydrogen) atoms. The van der Waals surface area contributed by atoms with Gasteiger partial charge >= 0.3 is 6.03 Å². The van der Waals surface area contributed by atoms with E-state index in [9.17, 15) is 14.0 Å². The number of carbonyl (C=O) groups excluding carboxylic acids is 2. The van der Waals surface area contributed by atoms with Crippen molar-refractivity contribution in [2.75, 3.05) is 18.5 Å². The van der Waals surface area contributed by atoms with Gasteiger partial charge < -0.3 is 14.8 Å². The largest absolute Gasteiger partial charge is 0.486 e. The first-order valence-electron chi connectivity index (χ1n) is 8.61. The van der Waals surface area contributed by atoms with Gasteiger partial charge in [0, 0.05) is 17.3 Å². The van der Waals surface area contributed by atoms with Crippen molar-refractivity contribution in [2.24, 2.45) is 0 Å². The number of imide groups is 1. The van der Waals surface area contributed by atoms with E-state index in [1.54, 1.807) is 18.2 Å². The van der Waals surface area contributed by atoms with Crippen molar-refractivity contribution < 1.29 is 23.5 Å². The SMILES string of the molecule is O=C(Cn1nnc(-c2ccc(F)cc2)n1)NC(=O)Nc1ccc2c(c1)OCCO2. The van der Waals surface area contributed by atoms with Gasteiger partial charge in [0.1, 0.15) is 25.6 Å². The van der Waals surface area contributed by atoms with Gasteiger partial charge in [-0.25, -0.2) is 9.18 Å². The molecule has 1 aliphatic heterocycles. The number of anilines is 1. The number of tetrazole rings is 1. The summed E-state index contributed by atoms with van der Waals surface area (Å²) in [5.74, 6) is 0.319. The molecule has 0 unspecified atom stereocenters. The zero-order valence-electron chi connectivity index (χ0n) is 15.0. The fourth-order valence-corrected chi connectivity index (χ4v) is 2.60. The Kier molecular flexibility index (Phi) is 5.01. The van der Waals surface area contributed by atoms with Crippen LogP contribution in [0.1, 0.15) is 0 Å². The van der Waals surface area contributed by atoms with E-state index in [4.69, 9.17) is 9.47 Å². The summed E-state index contributed by atoms with van der Waals surface area (Å²) in [6.07, 6.45) is 0. The Morgan fingerprint density at radius 1 is 1.07 bits per heavy atom. The number of hydrogen-bond acceptors (Lipinski definition) is 7. The summed E-state index contributed by atoms with van der Waals surface area (Å²) in [6.45, 7) is 0.572. The normalized spacial score (nSPS) is 12.3. The zero-order chi connectivity index (χ0) is 20.2. The molecule has 3 aromatic rings. The summed E-state index contributed by atoms with van der Waals surface area (Å²) in [5, 5.41) is 16.3. The minimum Gasteiger partial charge on any atom is -0.486 e. The predicted octanol–water partition coefficient (Wildman–Crippen LogP) is 1.60. The average Bonchev–Trinajstić information content (AvgIpc) is 3.16. The van der Waals surface area contributed by atoms with Crippen LogP contribution in [0.5, 0.6) is 11.5 Å². The van der Waals surface area contributed by atoms with E-state index in [-0.39, 0.29) is 18.2 Å². The van der Waals surface area contributed by atoms with E-state index in [2.05, 4.69) is 26.0 Å². The van der Waals surface area contributed by atoms with Crippen molar-refractivity contribution in [3.05, 3.63) is 48.3 Å². The Labute approximate surface area is 163 Å². The topological polar surface area (TPSA) is 120 Å². The van der Waals surface area contributed by atoms with Crippen molar-refractivity contribution in [1.82, 2.24) is 25.5 Å². The van der Waals surface area contributed by atoms with Crippen molar-refractivity contribution in [3.63, 3.8) is 0 Å². The second-order valence-electron chi connectivity index (χ2n) is 6.01. The number of ether oxygens (including phenoxy) is 2. The van der Waals surface area contributed by atoms with Crippen LogP contribution >= 0.6 is 0 Å². The summed E-state index contributed by atoms with van der Waals surface area (Å²) >= 11 is 0. The number of amides is 3. The number of hydrogen-bond donors (Lipinski definition) is 2. The fraction of sp³-hybridized carbons (Fsp3) is 0.167. The summed E-state index contributed by atoms with van der Waals surface area (Å²) in [6, 6.07) is 9.72. The second-order valence-corrected chi connectivity index (χ2v) is 6.01. The third-order valence-electron chi connectivity index (χ3n) is 3.89. The first-order valence-corrected chi connectivity index (χ1v) is 8.61. The van der Waals surface area contributed by atoms with Gasteiger partial charge in [-0.05, 0) is 41.6 Å². The highest BCUT2D eigenvalue weighted by Crippen LogP contribution is 2.32. The van der Waals surface area contributed by atoms with Crippen LogP contribution in [0.4, 0.5) is 14.9 Å². The maximum absolute atomic E-state index is 13.0. The Balaban J connectivity index is 1.32. The molecule has 3 amide bonds. The van der Waals surface area contributed by atoms with Crippen molar-refractivity contribution >= 4 is 17.6 Å². The van der Waals surface area contributed by atoms with Crippen LogP contribution in [-0.4, -0.2) is 45.4 Å². The molecule has 1 aliphatic rings. The van der Waals surface area contributed by atoms with E-state index >= 15 is 0 Å². The number of halogens is 1. The lowest BCUT2D eigenvalue weighted by molar-refractivity contribution is -0.120. The van der Waals surface area contributed by atoms with E-state index in [1.807, 2.05) is 0 Å². The first kappa shape index (κ1) is 18.3. The molecule has 0 aliphatic carbocycles. The van der Waals surface area contributed by atoms with Gasteiger partial charge in [0.05, 0.1) is 0 Å². The van der Waals surface area contributed by atoms with E-state index in [0.29, 0.717) is 36.0 Å². The maximum atomic E-state index is 13.0. The Bertz CT molecular complexity index is 1050. The standard InChI is InChI=1S/C18H15FN6O4/c19-12-3-1-11(2-4-12)17-22-24-25(23-17)10-16(26)21-18(27)20-13-5-6-14-15(9-13)29-8-7-28-14/h1-6,9H,7-8,10H2,(H2,20,21,26,27). The molecule has 2 N–H and O–H groups in total. The lowest BCUT2D eigenvalue weighted by atomic mass is 10.2. The van der Waals surface area contributed by atoms with Crippen molar-refractivity contribution in [3.8, 4) is 22.9 Å². The monoisotopic (exact) mass is 398 g/mol. The highest BCUT2D eigenvalue weighted by molar-refractivity contribution is 6.01. The summed E-state index contributed by atoms with van der Waals surface area (Å²) < 4.78 is 23.8. The summed E-state index contributed by atoms with van der Waals surface area (Å²) in [4.78, 5) is 25.1. The van der Waals surface area contributed by atoms with Crippen molar-refractivity contribution in [1.29, 1.82) is 0 Å². The lowest BCUT2D eigenvalue weighted by Gasteiger charge is -2.19. The van der Waals surface area contributed by atoms with Gasteiger partial charge in [0.25, 0.3) is 5.91 Å². The Hall–Kier alpha value is -4.02. The molecule has 0 fully saturated rings. The molecule has 2 aromatic carbocycles. The van der Waals surface area contributed by atoms with Crippen molar-refractivity contribution in [2.45, 2.75) is 6.54 Å². The number of rotatable bonds is 4. The number of nitrogens with one attached hydrogen (secondary N) is 2. The molecule has 10 nitrogen and oxygen atoms in total. The van der Waals surface area contributed by atoms with E-state index in [1.165, 1.54) is 24.3 Å². The van der Waals surface area contributed by atoms with Gasteiger partial charge in [0.2, 0.25) is 5.82 Å². The number of fused-ring (bicyclic) bond motifs is 1. The summed E-state index contributed by atoms with van der Waals surface area (Å²) in [5.41, 5.74) is 0.992. The molecule has 11 heteroatoms. The van der Waals surface area contributed by atoms with Gasteiger partial charge in [-0.3, -0.25) is 10.1 Å². The molecule has 1 aromatic heterocycles. The second kappa shape index (κ2) is 7.92. The predicted molar refractivity (Wildman–Crippen MR) is 97.8 cm³/mol. The molecule has 0 spiro atoms. The van der Waals surface area contributed by atoms with Crippen LogP contribution in [-0.2, 0) is 11.3 Å². The molecular formula is C18H15FN6O4. The third kappa shape index (κ3) is 4.46. The Morgan fingerprint density at radius 2 is 1.83 bits per heavy atom. The molecule has 2 heterocycles. The van der Waals surface area contributed by atoms with Gasteiger partial charge in [-0.2, -0.15) is 4.80 Å². The quantitative estimate of drug-likeness (QED) is 0.685. The Morgan fingerprint density at radius 3 is 2.62 bits per heavy atom. The molecule has 0 atom stereocenters. The summed E-state index contributed by atoms with van der Waals surface area (Å²) in [7, 11) is 0. The van der Waals surface area contributed by atoms with Crippen LogP contribution < -0.4 is 20.1 Å². The van der Waals surface area contributed by atoms with Crippen LogP contribution in [0.15, 0.2) is 42.5 Å². The highest BCUT2D eigenvalue weighted by atomic mass is 19.1. The third-order valence-corrected chi connectivity index (χ3v) is 3.89. The lowest BCUT2D eigenvalue weighted by Crippen LogP contribution is -2.37. The smallest absolute Gasteiger partial charge is 0.325 e. The molecule has 148 valence electrons. The number of aromatic nitrogens is 4. The molecule has 0 bridgehead atoms. The molecule has 0 saturated carbocycles. The van der Waals surface area contributed by atoms with Gasteiger partial charge in [0.15, 0.2) is 11.5 Å². The minimum atomic E-state index is -0.717. The number of nitrogens with zero attached hydrogens (tertiary/aromatic N) is 4. The number of urea groups is 1. The highest BCUT2D eigenvalue weighted by Gasteiger charge is 2.15. The number of benzene rings is 2. The average molecular weight is 398 g/mol. The molecular weight excluding hydrogens is 383 g/mol. The van der Waals surface area contributed by atoms with Crippen LogP contribution in [0.25, 0.3) is 11.4 Å². The molecule has 4 rings (SSSR count). The van der Waals surface area contributed by atoms with Crippen LogP contribution in [0.3, 0.4) is 0 Å². The molecule has 0 radical (unpaired) electrons. The van der Waals surface area contributed by atoms with Crippen LogP contribution in [0, 0.1) is 5.82 Å². The number of carbonyl (C=O) groups is 2. The van der Waals surface area contributed by atoms with E-state index in [0.717, 1.165) is 4.80 Å². The fourth-order valence-electron chi connectivity index (χ4n) is 2.60. The first-order chi connectivity index (χ1) is 14.1. The van der Waals surface area contributed by atoms with Gasteiger partial charge in [-0.1, -0.05) is 0 Å². The minimum absolute atomic E-state index is 0.235. The van der Waals surface area contributed by atoms with Crippen LogP contribution in [0.2, 0.25) is 0 Å². The van der Waals surface area contributed by atoms with E-state index < -0.39 is 11.9 Å². The zero-order valence-corrected chi connectivity index (χ0v) is 15.0.